The second-order valence-corrected chi connectivity index (χ2v) is 6.57. The molecule has 0 spiro atoms. The molecule has 2 rings (SSSR count). The molecule has 0 aliphatic rings. The molecule has 0 saturated carbocycles. The van der Waals surface area contributed by atoms with Gasteiger partial charge in [0.05, 0.1) is 11.3 Å². The lowest BCUT2D eigenvalue weighted by Crippen LogP contribution is -2.33. The van der Waals surface area contributed by atoms with Crippen LogP contribution in [0.2, 0.25) is 0 Å². The molecule has 0 aliphatic carbocycles. The monoisotopic (exact) mass is 368 g/mol. The molecule has 0 saturated heterocycles. The molecule has 0 bridgehead atoms. The lowest BCUT2D eigenvalue weighted by Gasteiger charge is -2.20. The van der Waals surface area contributed by atoms with Crippen molar-refractivity contribution < 1.29 is 14.3 Å². The summed E-state index contributed by atoms with van der Waals surface area (Å²) in [6.07, 6.45) is 0.725. The van der Waals surface area contributed by atoms with Crippen LogP contribution in [0, 0.1) is 13.8 Å². The lowest BCUT2D eigenvalue weighted by atomic mass is 10.1. The first kappa shape index (κ1) is 20.5. The van der Waals surface area contributed by atoms with Gasteiger partial charge in [0.15, 0.2) is 6.10 Å². The number of amides is 2. The van der Waals surface area contributed by atoms with Crippen LogP contribution in [0.3, 0.4) is 0 Å². The van der Waals surface area contributed by atoms with Crippen molar-refractivity contribution in [1.29, 1.82) is 0 Å². The molecule has 144 valence electrons. The molecule has 27 heavy (non-hydrogen) atoms. The zero-order valence-corrected chi connectivity index (χ0v) is 16.5. The standard InChI is InChI=1S/C22H28N2O3/c1-5-13-23-21(25)17-9-7-8-10-18(17)24-22(26)19(6-2)27-20-14-15(3)11-12-16(20)4/h7-12,14,19H,5-6,13H2,1-4H3,(H,23,25)(H,24,26)/t19-/m0/s1. The van der Waals surface area contributed by atoms with E-state index >= 15 is 0 Å². The maximum Gasteiger partial charge on any atom is 0.265 e. The molecule has 0 aromatic heterocycles. The normalized spacial score (nSPS) is 11.6. The van der Waals surface area contributed by atoms with E-state index in [-0.39, 0.29) is 11.8 Å². The third kappa shape index (κ3) is 5.58. The second-order valence-electron chi connectivity index (χ2n) is 6.57. The Morgan fingerprint density at radius 2 is 1.81 bits per heavy atom. The summed E-state index contributed by atoms with van der Waals surface area (Å²) in [5, 5.41) is 5.69. The number of hydrogen-bond donors (Lipinski definition) is 2. The highest BCUT2D eigenvalue weighted by Gasteiger charge is 2.21. The van der Waals surface area contributed by atoms with Gasteiger partial charge in [0.2, 0.25) is 0 Å². The minimum absolute atomic E-state index is 0.198. The minimum Gasteiger partial charge on any atom is -0.480 e. The van der Waals surface area contributed by atoms with Crippen molar-refractivity contribution in [2.75, 3.05) is 11.9 Å². The molecular formula is C22H28N2O3. The van der Waals surface area contributed by atoms with E-state index in [0.717, 1.165) is 17.5 Å². The van der Waals surface area contributed by atoms with Gasteiger partial charge in [-0.2, -0.15) is 0 Å². The summed E-state index contributed by atoms with van der Waals surface area (Å²) >= 11 is 0. The number of carbonyl (C=O) groups is 2. The van der Waals surface area contributed by atoms with E-state index in [1.165, 1.54) is 0 Å². The number of nitrogens with one attached hydrogen (secondary N) is 2. The third-order valence-corrected chi connectivity index (χ3v) is 4.24. The van der Waals surface area contributed by atoms with Gasteiger partial charge in [-0.3, -0.25) is 9.59 Å². The lowest BCUT2D eigenvalue weighted by molar-refractivity contribution is -0.122. The molecule has 1 atom stereocenters. The molecule has 0 unspecified atom stereocenters. The van der Waals surface area contributed by atoms with E-state index in [1.54, 1.807) is 24.3 Å². The van der Waals surface area contributed by atoms with Crippen LogP contribution >= 0.6 is 0 Å². The summed E-state index contributed by atoms with van der Waals surface area (Å²) in [4.78, 5) is 25.1. The highest BCUT2D eigenvalue weighted by molar-refractivity contribution is 6.04. The highest BCUT2D eigenvalue weighted by atomic mass is 16.5. The van der Waals surface area contributed by atoms with Gasteiger partial charge in [0.25, 0.3) is 11.8 Å². The number of anilines is 1. The van der Waals surface area contributed by atoms with Crippen molar-refractivity contribution in [3.05, 3.63) is 59.2 Å². The maximum absolute atomic E-state index is 12.8. The molecule has 5 heteroatoms. The Labute approximate surface area is 161 Å². The van der Waals surface area contributed by atoms with Crippen LogP contribution in [-0.4, -0.2) is 24.5 Å². The first-order valence-corrected chi connectivity index (χ1v) is 9.38. The maximum atomic E-state index is 12.8. The number of rotatable bonds is 8. The molecule has 0 aliphatic heterocycles. The quantitative estimate of drug-likeness (QED) is 0.732. The molecular weight excluding hydrogens is 340 g/mol. The van der Waals surface area contributed by atoms with Crippen molar-refractivity contribution in [3.63, 3.8) is 0 Å². The predicted octanol–water partition coefficient (Wildman–Crippen LogP) is 4.24. The van der Waals surface area contributed by atoms with Crippen molar-refractivity contribution in [2.45, 2.75) is 46.6 Å². The van der Waals surface area contributed by atoms with E-state index in [1.807, 2.05) is 45.9 Å². The summed E-state index contributed by atoms with van der Waals surface area (Å²) in [6.45, 7) is 8.42. The topological polar surface area (TPSA) is 67.4 Å². The summed E-state index contributed by atoms with van der Waals surface area (Å²) < 4.78 is 5.96. The zero-order valence-electron chi connectivity index (χ0n) is 16.5. The number of carbonyl (C=O) groups excluding carboxylic acids is 2. The summed E-state index contributed by atoms with van der Waals surface area (Å²) in [7, 11) is 0. The average Bonchev–Trinajstić information content (AvgIpc) is 2.67. The fourth-order valence-corrected chi connectivity index (χ4v) is 2.65. The highest BCUT2D eigenvalue weighted by Crippen LogP contribution is 2.22. The first-order chi connectivity index (χ1) is 13.0. The number of hydrogen-bond acceptors (Lipinski definition) is 3. The van der Waals surface area contributed by atoms with Crippen LogP contribution < -0.4 is 15.4 Å². The van der Waals surface area contributed by atoms with E-state index in [2.05, 4.69) is 10.6 Å². The molecule has 2 aromatic carbocycles. The second kappa shape index (κ2) is 9.76. The van der Waals surface area contributed by atoms with Crippen LogP contribution in [0.25, 0.3) is 0 Å². The number of ether oxygens (including phenoxy) is 1. The Morgan fingerprint density at radius 3 is 2.52 bits per heavy atom. The predicted molar refractivity (Wildman–Crippen MR) is 108 cm³/mol. The fraction of sp³-hybridized carbons (Fsp3) is 0.364. The Balaban J connectivity index is 2.15. The van der Waals surface area contributed by atoms with E-state index in [4.69, 9.17) is 4.74 Å². The SMILES string of the molecule is CCCNC(=O)c1ccccc1NC(=O)[C@H](CC)Oc1cc(C)ccc1C. The van der Waals surface area contributed by atoms with Crippen LogP contribution in [0.15, 0.2) is 42.5 Å². The van der Waals surface area contributed by atoms with Crippen molar-refractivity contribution >= 4 is 17.5 Å². The first-order valence-electron chi connectivity index (χ1n) is 9.38. The van der Waals surface area contributed by atoms with Gasteiger partial charge in [-0.1, -0.05) is 38.1 Å². The van der Waals surface area contributed by atoms with E-state index < -0.39 is 6.10 Å². The molecule has 2 aromatic rings. The zero-order chi connectivity index (χ0) is 19.8. The average molecular weight is 368 g/mol. The number of aryl methyl sites for hydroxylation is 2. The van der Waals surface area contributed by atoms with E-state index in [9.17, 15) is 9.59 Å². The van der Waals surface area contributed by atoms with Gasteiger partial charge in [-0.25, -0.2) is 0 Å². The van der Waals surface area contributed by atoms with Crippen LogP contribution in [0.1, 0.15) is 48.2 Å². The molecule has 0 heterocycles. The largest absolute Gasteiger partial charge is 0.480 e. The van der Waals surface area contributed by atoms with Crippen molar-refractivity contribution in [2.24, 2.45) is 0 Å². The fourth-order valence-electron chi connectivity index (χ4n) is 2.65. The summed E-state index contributed by atoms with van der Waals surface area (Å²) in [6, 6.07) is 12.9. The molecule has 2 N–H and O–H groups in total. The number of benzene rings is 2. The van der Waals surface area contributed by atoms with Gasteiger partial charge in [-0.05, 0) is 56.0 Å². The Hall–Kier alpha value is -2.82. The molecule has 0 fully saturated rings. The van der Waals surface area contributed by atoms with Gasteiger partial charge in [0, 0.05) is 6.54 Å². The van der Waals surface area contributed by atoms with Gasteiger partial charge in [0.1, 0.15) is 5.75 Å². The Kier molecular flexibility index (Phi) is 7.41. The van der Waals surface area contributed by atoms with Crippen LogP contribution in [-0.2, 0) is 4.79 Å². The molecule has 5 nitrogen and oxygen atoms in total. The number of para-hydroxylation sites is 1. The minimum atomic E-state index is -0.641. The Morgan fingerprint density at radius 1 is 1.07 bits per heavy atom. The summed E-state index contributed by atoms with van der Waals surface area (Å²) in [5.74, 6) is 0.233. The molecule has 0 radical (unpaired) electrons. The van der Waals surface area contributed by atoms with Gasteiger partial charge >= 0.3 is 0 Å². The third-order valence-electron chi connectivity index (χ3n) is 4.24. The summed E-state index contributed by atoms with van der Waals surface area (Å²) in [5.41, 5.74) is 2.98. The van der Waals surface area contributed by atoms with Crippen LogP contribution in [0.4, 0.5) is 5.69 Å². The molecule has 2 amide bonds. The smallest absolute Gasteiger partial charge is 0.265 e. The van der Waals surface area contributed by atoms with E-state index in [0.29, 0.717) is 30.0 Å². The van der Waals surface area contributed by atoms with Crippen LogP contribution in [0.5, 0.6) is 5.75 Å². The van der Waals surface area contributed by atoms with Gasteiger partial charge in [-0.15, -0.1) is 0 Å². The van der Waals surface area contributed by atoms with Crippen molar-refractivity contribution in [3.8, 4) is 5.75 Å². The Bertz CT molecular complexity index is 802. The van der Waals surface area contributed by atoms with Gasteiger partial charge < -0.3 is 15.4 Å². The van der Waals surface area contributed by atoms with Crippen molar-refractivity contribution in [1.82, 2.24) is 5.32 Å².